The summed E-state index contributed by atoms with van der Waals surface area (Å²) in [6.45, 7) is 5.45. The van der Waals surface area contributed by atoms with Gasteiger partial charge in [-0.2, -0.15) is 4.31 Å². The quantitative estimate of drug-likeness (QED) is 0.347. The number of hydrogen-bond donors (Lipinski definition) is 0. The van der Waals surface area contributed by atoms with Crippen LogP contribution < -0.4 is 14.4 Å². The molecule has 41 heavy (non-hydrogen) atoms. The van der Waals surface area contributed by atoms with Crippen molar-refractivity contribution >= 4 is 45.0 Å². The van der Waals surface area contributed by atoms with E-state index in [-0.39, 0.29) is 15.3 Å². The molecule has 0 radical (unpaired) electrons. The molecule has 0 aliphatic carbocycles. The standard InChI is InChI=1S/C27H28N6O6S2/c1-4-18-14-28-26(29-15-18)32-11-9-21(10-12-32)39-24-17(2)23(30-16-31-24)38-20-7-5-19(6-8-20)13-22-25(34)33(27(35)40-22)41(3,36)37/h5-8,13-16,21H,4,9-12H2,1-3H3/b22-13-. The minimum Gasteiger partial charge on any atom is -0.474 e. The van der Waals surface area contributed by atoms with Gasteiger partial charge >= 0.3 is 5.24 Å². The normalized spacial score (nSPS) is 17.4. The van der Waals surface area contributed by atoms with Crippen molar-refractivity contribution < 1.29 is 27.5 Å². The molecule has 0 N–H and O–H groups in total. The number of thioether (sulfide) groups is 1. The van der Waals surface area contributed by atoms with Crippen molar-refractivity contribution in [3.63, 3.8) is 0 Å². The van der Waals surface area contributed by atoms with Gasteiger partial charge in [0.1, 0.15) is 18.2 Å². The first-order valence-corrected chi connectivity index (χ1v) is 15.6. The number of carbonyl (C=O) groups excluding carboxylic acids is 2. The largest absolute Gasteiger partial charge is 0.474 e. The molecular weight excluding hydrogens is 568 g/mol. The Hall–Kier alpha value is -4.04. The number of piperidine rings is 1. The maximum atomic E-state index is 12.4. The smallest absolute Gasteiger partial charge is 0.307 e. The van der Waals surface area contributed by atoms with Gasteiger partial charge in [-0.05, 0) is 54.4 Å². The summed E-state index contributed by atoms with van der Waals surface area (Å²) in [5.74, 6) is 1.15. The second-order valence-electron chi connectivity index (χ2n) is 9.54. The summed E-state index contributed by atoms with van der Waals surface area (Å²) in [6, 6.07) is 6.73. The number of benzene rings is 1. The van der Waals surface area contributed by atoms with Crippen LogP contribution in [-0.4, -0.2) is 69.3 Å². The van der Waals surface area contributed by atoms with Crippen LogP contribution in [0, 0.1) is 6.92 Å². The summed E-state index contributed by atoms with van der Waals surface area (Å²) >= 11 is 0.577. The van der Waals surface area contributed by atoms with E-state index >= 15 is 0 Å². The Balaban J connectivity index is 1.20. The van der Waals surface area contributed by atoms with E-state index in [4.69, 9.17) is 9.47 Å². The fourth-order valence-corrected chi connectivity index (χ4v) is 6.27. The van der Waals surface area contributed by atoms with Crippen LogP contribution >= 0.6 is 11.8 Å². The van der Waals surface area contributed by atoms with E-state index in [9.17, 15) is 18.0 Å². The van der Waals surface area contributed by atoms with Crippen molar-refractivity contribution in [1.82, 2.24) is 24.2 Å². The Kier molecular flexibility index (Phi) is 8.22. The lowest BCUT2D eigenvalue weighted by molar-refractivity contribution is -0.119. The number of ether oxygens (including phenoxy) is 2. The second-order valence-corrected chi connectivity index (χ2v) is 12.4. The van der Waals surface area contributed by atoms with Crippen molar-refractivity contribution in [3.8, 4) is 17.5 Å². The van der Waals surface area contributed by atoms with Crippen molar-refractivity contribution in [2.75, 3.05) is 24.2 Å². The Bertz CT molecular complexity index is 1590. The fourth-order valence-electron chi connectivity index (χ4n) is 4.30. The zero-order chi connectivity index (χ0) is 29.1. The van der Waals surface area contributed by atoms with Crippen LogP contribution in [0.3, 0.4) is 0 Å². The van der Waals surface area contributed by atoms with Crippen molar-refractivity contribution in [1.29, 1.82) is 0 Å². The van der Waals surface area contributed by atoms with Gasteiger partial charge in [0, 0.05) is 38.3 Å². The van der Waals surface area contributed by atoms with Gasteiger partial charge in [0.15, 0.2) is 0 Å². The lowest BCUT2D eigenvalue weighted by atomic mass is 10.1. The molecule has 12 nitrogen and oxygen atoms in total. The van der Waals surface area contributed by atoms with Crippen LogP contribution in [-0.2, 0) is 21.2 Å². The highest BCUT2D eigenvalue weighted by atomic mass is 32.2. The van der Waals surface area contributed by atoms with Crippen LogP contribution in [0.5, 0.6) is 17.5 Å². The number of nitrogens with zero attached hydrogens (tertiary/aromatic N) is 6. The molecule has 2 saturated heterocycles. The van der Waals surface area contributed by atoms with Gasteiger partial charge in [-0.1, -0.05) is 19.1 Å². The van der Waals surface area contributed by atoms with Gasteiger partial charge in [0.2, 0.25) is 27.7 Å². The SMILES string of the molecule is CCc1cnc(N2CCC(Oc3ncnc(Oc4ccc(/C=C5\SC(=O)N(S(C)(=O)=O)C5=O)cc4)c3C)CC2)nc1. The average molecular weight is 597 g/mol. The van der Waals surface area contributed by atoms with Crippen LogP contribution in [0.2, 0.25) is 0 Å². The number of sulfonamides is 1. The number of amides is 2. The number of rotatable bonds is 8. The molecule has 3 aromatic rings. The molecule has 5 rings (SSSR count). The molecule has 2 aromatic heterocycles. The van der Waals surface area contributed by atoms with E-state index in [0.717, 1.165) is 50.1 Å². The first kappa shape index (κ1) is 28.5. The third kappa shape index (κ3) is 6.49. The summed E-state index contributed by atoms with van der Waals surface area (Å²) < 4.78 is 35.9. The number of carbonyl (C=O) groups is 2. The molecule has 0 saturated carbocycles. The van der Waals surface area contributed by atoms with Gasteiger partial charge in [-0.3, -0.25) is 9.59 Å². The highest BCUT2D eigenvalue weighted by Crippen LogP contribution is 2.34. The first-order chi connectivity index (χ1) is 19.6. The molecule has 4 heterocycles. The van der Waals surface area contributed by atoms with E-state index in [2.05, 4.69) is 31.8 Å². The fraction of sp³-hybridized carbons (Fsp3) is 0.333. The minimum absolute atomic E-state index is 0.0170. The lowest BCUT2D eigenvalue weighted by Gasteiger charge is -2.32. The number of aromatic nitrogens is 4. The molecule has 2 aliphatic heterocycles. The molecule has 1 aromatic carbocycles. The third-order valence-corrected chi connectivity index (χ3v) is 8.56. The third-order valence-electron chi connectivity index (χ3n) is 6.58. The zero-order valence-electron chi connectivity index (χ0n) is 22.7. The van der Waals surface area contributed by atoms with Gasteiger partial charge in [-0.15, -0.1) is 0 Å². The summed E-state index contributed by atoms with van der Waals surface area (Å²) in [4.78, 5) is 44.0. The van der Waals surface area contributed by atoms with E-state index in [1.165, 1.54) is 12.4 Å². The predicted molar refractivity (Wildman–Crippen MR) is 153 cm³/mol. The number of aryl methyl sites for hydroxylation is 1. The minimum atomic E-state index is -3.98. The molecule has 0 bridgehead atoms. The Morgan fingerprint density at radius 3 is 2.29 bits per heavy atom. The molecule has 2 aliphatic rings. The van der Waals surface area contributed by atoms with E-state index in [1.807, 2.05) is 19.3 Å². The molecule has 0 unspecified atom stereocenters. The number of imide groups is 1. The molecule has 214 valence electrons. The monoisotopic (exact) mass is 596 g/mol. The van der Waals surface area contributed by atoms with Gasteiger partial charge < -0.3 is 14.4 Å². The van der Waals surface area contributed by atoms with Crippen molar-refractivity contribution in [3.05, 3.63) is 64.6 Å². The van der Waals surface area contributed by atoms with Gasteiger partial charge in [0.25, 0.3) is 5.91 Å². The van der Waals surface area contributed by atoms with Gasteiger partial charge in [-0.25, -0.2) is 28.4 Å². The molecule has 2 amide bonds. The van der Waals surface area contributed by atoms with Gasteiger partial charge in [0.05, 0.1) is 16.7 Å². The number of hydrogen-bond acceptors (Lipinski definition) is 12. The Morgan fingerprint density at radius 2 is 1.68 bits per heavy atom. The maximum absolute atomic E-state index is 12.4. The molecule has 0 atom stereocenters. The van der Waals surface area contributed by atoms with E-state index < -0.39 is 21.2 Å². The van der Waals surface area contributed by atoms with E-state index in [0.29, 0.717) is 40.4 Å². The number of anilines is 1. The van der Waals surface area contributed by atoms with E-state index in [1.54, 1.807) is 24.3 Å². The zero-order valence-corrected chi connectivity index (χ0v) is 24.3. The summed E-state index contributed by atoms with van der Waals surface area (Å²) in [5, 5.41) is -0.845. The van der Waals surface area contributed by atoms with Crippen molar-refractivity contribution in [2.45, 2.75) is 39.2 Å². The molecule has 2 fully saturated rings. The highest BCUT2D eigenvalue weighted by molar-refractivity contribution is 8.19. The molecule has 14 heteroatoms. The molecular formula is C27H28N6O6S2. The summed E-state index contributed by atoms with van der Waals surface area (Å²) in [5.41, 5.74) is 2.36. The summed E-state index contributed by atoms with van der Waals surface area (Å²) in [6.07, 6.45) is 9.88. The molecule has 0 spiro atoms. The van der Waals surface area contributed by atoms with Crippen LogP contribution in [0.1, 0.15) is 36.5 Å². The van der Waals surface area contributed by atoms with Crippen LogP contribution in [0.25, 0.3) is 6.08 Å². The van der Waals surface area contributed by atoms with Crippen LogP contribution in [0.4, 0.5) is 10.7 Å². The predicted octanol–water partition coefficient (Wildman–Crippen LogP) is 3.97. The topological polar surface area (TPSA) is 145 Å². The second kappa shape index (κ2) is 11.8. The Morgan fingerprint density at radius 1 is 1.02 bits per heavy atom. The average Bonchev–Trinajstić information content (AvgIpc) is 3.25. The van der Waals surface area contributed by atoms with Crippen molar-refractivity contribution in [2.24, 2.45) is 0 Å². The maximum Gasteiger partial charge on any atom is 0.307 e. The summed E-state index contributed by atoms with van der Waals surface area (Å²) in [7, 11) is -3.98. The van der Waals surface area contributed by atoms with Crippen LogP contribution in [0.15, 0.2) is 47.9 Å². The Labute approximate surface area is 241 Å². The first-order valence-electron chi connectivity index (χ1n) is 12.9. The highest BCUT2D eigenvalue weighted by Gasteiger charge is 2.41. The lowest BCUT2D eigenvalue weighted by Crippen LogP contribution is -2.39.